The first-order chi connectivity index (χ1) is 2.00. The second-order valence-corrected chi connectivity index (χ2v) is 1.34. The van der Waals surface area contributed by atoms with Gasteiger partial charge in [0.1, 0.15) is 0 Å². The Hall–Kier alpha value is 0.772. The molecule has 0 spiro atoms. The van der Waals surface area contributed by atoms with Gasteiger partial charge in [0.2, 0.25) is 0 Å². The van der Waals surface area contributed by atoms with Crippen LogP contribution in [-0.4, -0.2) is 0 Å². The van der Waals surface area contributed by atoms with E-state index in [1.807, 2.05) is 0 Å². The molecule has 0 aliphatic rings. The van der Waals surface area contributed by atoms with Crippen molar-refractivity contribution in [3.05, 3.63) is 0 Å². The van der Waals surface area contributed by atoms with Crippen molar-refractivity contribution in [1.82, 2.24) is 0 Å². The third-order valence-corrected chi connectivity index (χ3v) is 0. The van der Waals surface area contributed by atoms with E-state index < -0.39 is 7.82 Å². The van der Waals surface area contributed by atoms with Crippen molar-refractivity contribution < 1.29 is 39.7 Å². The van der Waals surface area contributed by atoms with E-state index in [0.29, 0.717) is 0 Å². The smallest absolute Gasteiger partial charge is 0 e. The molecule has 0 rings (SSSR count). The van der Waals surface area contributed by atoms with Gasteiger partial charge in [0.15, 0.2) is 0 Å². The molecule has 0 unspecified atom stereocenters. The van der Waals surface area contributed by atoms with Gasteiger partial charge in [0, 0.05) is 20.4 Å². The predicted molar refractivity (Wildman–Crippen MR) is 7.61 cm³/mol. The molecule has 0 aromatic heterocycles. The maximum absolute atomic E-state index is 8.55. The molecule has 0 aromatic carbocycles. The SMILES string of the molecule is O=P([O-])([O-])[O-].[Pd]. The van der Waals surface area contributed by atoms with E-state index in [-0.39, 0.29) is 20.4 Å². The van der Waals surface area contributed by atoms with Gasteiger partial charge in [0.05, 0.1) is 0 Å². The summed E-state index contributed by atoms with van der Waals surface area (Å²) in [5.74, 6) is 0. The van der Waals surface area contributed by atoms with E-state index in [1.165, 1.54) is 0 Å². The van der Waals surface area contributed by atoms with Crippen molar-refractivity contribution in [2.45, 2.75) is 0 Å². The van der Waals surface area contributed by atoms with Crippen LogP contribution in [0.5, 0.6) is 0 Å². The van der Waals surface area contributed by atoms with Crippen LogP contribution in [-0.2, 0) is 25.0 Å². The topological polar surface area (TPSA) is 86.2 Å². The van der Waals surface area contributed by atoms with Gasteiger partial charge in [-0.1, -0.05) is 0 Å². The second kappa shape index (κ2) is 2.87. The van der Waals surface area contributed by atoms with E-state index in [9.17, 15) is 0 Å². The molecule has 0 fully saturated rings. The molecule has 0 aliphatic heterocycles. The molecule has 0 amide bonds. The van der Waals surface area contributed by atoms with Crippen LogP contribution in [0.1, 0.15) is 0 Å². The van der Waals surface area contributed by atoms with Crippen LogP contribution in [0.3, 0.4) is 0 Å². The maximum atomic E-state index is 8.55. The summed E-state index contributed by atoms with van der Waals surface area (Å²) >= 11 is 0. The number of hydrogen-bond donors (Lipinski definition) is 0. The van der Waals surface area contributed by atoms with Crippen LogP contribution >= 0.6 is 7.82 Å². The van der Waals surface area contributed by atoms with Crippen molar-refractivity contribution in [1.29, 1.82) is 0 Å². The van der Waals surface area contributed by atoms with E-state index in [0.717, 1.165) is 0 Å². The molecule has 0 N–H and O–H groups in total. The van der Waals surface area contributed by atoms with E-state index in [4.69, 9.17) is 19.2 Å². The largest absolute Gasteiger partial charge is 0.822 e. The Bertz CT molecular complexity index is 53.7. The van der Waals surface area contributed by atoms with Crippen LogP contribution in [0.4, 0.5) is 0 Å². The summed E-state index contributed by atoms with van der Waals surface area (Å²) in [6.45, 7) is 0. The molecule has 6 heavy (non-hydrogen) atoms. The van der Waals surface area contributed by atoms with Crippen molar-refractivity contribution >= 4 is 7.82 Å². The maximum Gasteiger partial charge on any atom is 0 e. The first-order valence-corrected chi connectivity index (χ1v) is 2.19. The third-order valence-electron chi connectivity index (χ3n) is 0. The van der Waals surface area contributed by atoms with Gasteiger partial charge in [-0.2, -0.15) is 7.82 Å². The fourth-order valence-electron chi connectivity index (χ4n) is 0. The fourth-order valence-corrected chi connectivity index (χ4v) is 0. The molecular weight excluding hydrogens is 201 g/mol. The zero-order valence-electron chi connectivity index (χ0n) is 2.40. The molecule has 0 heterocycles. The van der Waals surface area contributed by atoms with Gasteiger partial charge in [0.25, 0.3) is 0 Å². The van der Waals surface area contributed by atoms with Crippen molar-refractivity contribution in [3.8, 4) is 0 Å². The van der Waals surface area contributed by atoms with Crippen molar-refractivity contribution in [3.63, 3.8) is 0 Å². The zero-order valence-corrected chi connectivity index (χ0v) is 4.85. The van der Waals surface area contributed by atoms with Crippen molar-refractivity contribution in [2.75, 3.05) is 0 Å². The average molecular weight is 201 g/mol. The normalized spacial score (nSPS) is 9.83. The molecule has 0 saturated heterocycles. The molecule has 0 aromatic rings. The molecule has 0 aliphatic carbocycles. The van der Waals surface area contributed by atoms with E-state index >= 15 is 0 Å². The van der Waals surface area contributed by atoms with Crippen LogP contribution in [0.2, 0.25) is 0 Å². The minimum absolute atomic E-state index is 0. The number of phosphoric acid groups is 1. The van der Waals surface area contributed by atoms with Crippen molar-refractivity contribution in [2.24, 2.45) is 0 Å². The van der Waals surface area contributed by atoms with Gasteiger partial charge < -0.3 is 19.2 Å². The van der Waals surface area contributed by atoms with Crippen LogP contribution < -0.4 is 14.7 Å². The Morgan fingerprint density at radius 1 is 1.17 bits per heavy atom. The molecule has 42 valence electrons. The minimum Gasteiger partial charge on any atom is -0.822 e. The zero-order chi connectivity index (χ0) is 4.50. The monoisotopic (exact) mass is 201 g/mol. The first-order valence-electron chi connectivity index (χ1n) is 0.730. The Morgan fingerprint density at radius 3 is 1.17 bits per heavy atom. The summed E-state index contributed by atoms with van der Waals surface area (Å²) in [6, 6.07) is 0. The summed E-state index contributed by atoms with van der Waals surface area (Å²) < 4.78 is 8.55. The average Bonchev–Trinajstić information content (AvgIpc) is 0.722. The van der Waals surface area contributed by atoms with Crippen LogP contribution in [0.25, 0.3) is 0 Å². The van der Waals surface area contributed by atoms with Gasteiger partial charge in [-0.15, -0.1) is 0 Å². The van der Waals surface area contributed by atoms with Gasteiger partial charge >= 0.3 is 0 Å². The Labute approximate surface area is 48.1 Å². The molecule has 4 nitrogen and oxygen atoms in total. The molecule has 0 atom stereocenters. The second-order valence-electron chi connectivity index (χ2n) is 0.447. The molecule has 0 bridgehead atoms. The van der Waals surface area contributed by atoms with E-state index in [2.05, 4.69) is 0 Å². The van der Waals surface area contributed by atoms with Crippen LogP contribution in [0, 0.1) is 0 Å². The Balaban J connectivity index is 0. The third kappa shape index (κ3) is 114. The standard InChI is InChI=1S/H3O4P.Pd/c1-5(2,3)4;/h(H3,1,2,3,4);/p-3. The van der Waals surface area contributed by atoms with Crippen LogP contribution in [0.15, 0.2) is 0 Å². The van der Waals surface area contributed by atoms with Gasteiger partial charge in [-0.3, -0.25) is 0 Å². The Kier molecular flexibility index (Phi) is 4.73. The summed E-state index contributed by atoms with van der Waals surface area (Å²) in [7, 11) is -5.39. The molecular formula is O4PPd-3. The summed E-state index contributed by atoms with van der Waals surface area (Å²) in [4.78, 5) is 25.6. The quantitative estimate of drug-likeness (QED) is 0.312. The van der Waals surface area contributed by atoms with E-state index in [1.54, 1.807) is 0 Å². The number of hydrogen-bond acceptors (Lipinski definition) is 4. The number of rotatable bonds is 0. The fraction of sp³-hybridized carbons (Fsp3) is 0. The summed E-state index contributed by atoms with van der Waals surface area (Å²) in [5, 5.41) is 0. The first kappa shape index (κ1) is 9.91. The van der Waals surface area contributed by atoms with Gasteiger partial charge in [-0.25, -0.2) is 0 Å². The molecule has 6 heteroatoms. The Morgan fingerprint density at radius 2 is 1.17 bits per heavy atom. The molecule has 0 radical (unpaired) electrons. The predicted octanol–water partition coefficient (Wildman–Crippen LogP) is -2.83. The summed E-state index contributed by atoms with van der Waals surface area (Å²) in [6.07, 6.45) is 0. The minimum atomic E-state index is -5.39. The van der Waals surface area contributed by atoms with Gasteiger partial charge in [-0.05, 0) is 0 Å². The molecule has 0 saturated carbocycles. The summed E-state index contributed by atoms with van der Waals surface area (Å²) in [5.41, 5.74) is 0.